The van der Waals surface area contributed by atoms with Gasteiger partial charge in [-0.05, 0) is 12.8 Å². The van der Waals surface area contributed by atoms with Crippen molar-refractivity contribution in [3.05, 3.63) is 18.1 Å². The average molecular weight is 342 g/mol. The number of rotatable bonds is 7. The molecule has 1 aliphatic rings. The fourth-order valence-electron chi connectivity index (χ4n) is 2.40. The third kappa shape index (κ3) is 4.87. The van der Waals surface area contributed by atoms with Crippen LogP contribution in [0.1, 0.15) is 23.3 Å². The third-order valence-electron chi connectivity index (χ3n) is 3.80. The first kappa shape index (κ1) is 17.6. The third-order valence-corrected chi connectivity index (χ3v) is 5.55. The molecule has 0 saturated carbocycles. The predicted octanol–water partition coefficient (Wildman–Crippen LogP) is -0.134. The molecule has 1 aliphatic heterocycles. The highest BCUT2D eigenvalue weighted by Crippen LogP contribution is 2.20. The van der Waals surface area contributed by atoms with Crippen LogP contribution in [0.4, 0.5) is 5.82 Å². The molecule has 23 heavy (non-hydrogen) atoms. The number of hydrogen-bond donors (Lipinski definition) is 1. The Morgan fingerprint density at radius 2 is 2.22 bits per heavy atom. The van der Waals surface area contributed by atoms with E-state index in [9.17, 15) is 13.2 Å². The number of nitrogens with one attached hydrogen (secondary N) is 1. The molecule has 0 bridgehead atoms. The van der Waals surface area contributed by atoms with Crippen molar-refractivity contribution in [2.24, 2.45) is 0 Å². The molecule has 0 spiro atoms. The van der Waals surface area contributed by atoms with Crippen molar-refractivity contribution >= 4 is 21.6 Å². The van der Waals surface area contributed by atoms with E-state index in [1.54, 1.807) is 19.1 Å². The van der Waals surface area contributed by atoms with E-state index in [4.69, 9.17) is 4.74 Å². The van der Waals surface area contributed by atoms with Gasteiger partial charge in [0.2, 0.25) is 0 Å². The van der Waals surface area contributed by atoms with Crippen LogP contribution in [0, 0.1) is 0 Å². The minimum Gasteiger partial charge on any atom is -0.385 e. The Kier molecular flexibility index (Phi) is 5.89. The number of methoxy groups -OCH3 is 1. The maximum Gasteiger partial charge on any atom is 0.271 e. The van der Waals surface area contributed by atoms with Crippen LogP contribution in [0.3, 0.4) is 0 Å². The van der Waals surface area contributed by atoms with Crippen molar-refractivity contribution in [1.29, 1.82) is 0 Å². The summed E-state index contributed by atoms with van der Waals surface area (Å²) >= 11 is 0. The molecular weight excluding hydrogens is 320 g/mol. The number of carbonyl (C=O) groups excluding carboxylic acids is 1. The van der Waals surface area contributed by atoms with Gasteiger partial charge in [-0.3, -0.25) is 4.79 Å². The lowest BCUT2D eigenvalue weighted by atomic mass is 10.2. The summed E-state index contributed by atoms with van der Waals surface area (Å²) in [5.74, 6) is 0.610. The minimum absolute atomic E-state index is 0.0944. The van der Waals surface area contributed by atoms with E-state index in [-0.39, 0.29) is 29.1 Å². The van der Waals surface area contributed by atoms with Crippen LogP contribution in [-0.4, -0.2) is 69.1 Å². The average Bonchev–Trinajstić information content (AvgIpc) is 2.91. The molecule has 2 heterocycles. The van der Waals surface area contributed by atoms with Gasteiger partial charge < -0.3 is 15.0 Å². The quantitative estimate of drug-likeness (QED) is 0.689. The maximum absolute atomic E-state index is 11.9. The Labute approximate surface area is 136 Å². The van der Waals surface area contributed by atoms with E-state index >= 15 is 0 Å². The van der Waals surface area contributed by atoms with Crippen LogP contribution in [0.15, 0.2) is 12.4 Å². The second-order valence-corrected chi connectivity index (χ2v) is 7.76. The van der Waals surface area contributed by atoms with E-state index in [2.05, 4.69) is 15.3 Å². The van der Waals surface area contributed by atoms with Crippen LogP contribution >= 0.6 is 0 Å². The molecule has 1 aromatic heterocycles. The monoisotopic (exact) mass is 342 g/mol. The van der Waals surface area contributed by atoms with Crippen LogP contribution in [0.2, 0.25) is 0 Å². The smallest absolute Gasteiger partial charge is 0.271 e. The largest absolute Gasteiger partial charge is 0.385 e. The summed E-state index contributed by atoms with van der Waals surface area (Å²) in [6.07, 6.45) is 4.21. The first-order valence-electron chi connectivity index (χ1n) is 7.45. The summed E-state index contributed by atoms with van der Waals surface area (Å²) in [6, 6.07) is -0.0944. The molecule has 128 valence electrons. The van der Waals surface area contributed by atoms with Gasteiger partial charge in [-0.2, -0.15) is 0 Å². The first-order valence-corrected chi connectivity index (χ1v) is 9.27. The first-order chi connectivity index (χ1) is 10.9. The zero-order chi connectivity index (χ0) is 16.9. The second kappa shape index (κ2) is 7.69. The van der Waals surface area contributed by atoms with Gasteiger partial charge in [0.25, 0.3) is 5.91 Å². The summed E-state index contributed by atoms with van der Waals surface area (Å²) < 4.78 is 28.0. The van der Waals surface area contributed by atoms with Crippen LogP contribution < -0.4 is 10.2 Å². The Balaban J connectivity index is 1.92. The summed E-state index contributed by atoms with van der Waals surface area (Å²) in [5, 5.41) is 2.73. The van der Waals surface area contributed by atoms with Crippen molar-refractivity contribution in [2.75, 3.05) is 43.7 Å². The molecular formula is C14H22N4O4S. The Morgan fingerprint density at radius 1 is 1.43 bits per heavy atom. The fraction of sp³-hybridized carbons (Fsp3) is 0.643. The Morgan fingerprint density at radius 3 is 2.78 bits per heavy atom. The van der Waals surface area contributed by atoms with Gasteiger partial charge in [-0.1, -0.05) is 0 Å². The van der Waals surface area contributed by atoms with E-state index in [0.29, 0.717) is 25.4 Å². The van der Waals surface area contributed by atoms with Crippen molar-refractivity contribution < 1.29 is 17.9 Å². The van der Waals surface area contributed by atoms with Crippen LogP contribution in [0.5, 0.6) is 0 Å². The maximum atomic E-state index is 11.9. The molecule has 0 aliphatic carbocycles. The number of aromatic nitrogens is 2. The highest BCUT2D eigenvalue weighted by atomic mass is 32.2. The molecule has 1 saturated heterocycles. The molecule has 1 atom stereocenters. The van der Waals surface area contributed by atoms with Crippen LogP contribution in [-0.2, 0) is 14.6 Å². The number of hydrogen-bond acceptors (Lipinski definition) is 7. The lowest BCUT2D eigenvalue weighted by Crippen LogP contribution is -2.33. The number of sulfone groups is 1. The van der Waals surface area contributed by atoms with Crippen molar-refractivity contribution in [3.8, 4) is 0 Å². The molecule has 8 nitrogen and oxygen atoms in total. The number of ether oxygens (including phenoxy) is 1. The summed E-state index contributed by atoms with van der Waals surface area (Å²) in [6.45, 7) is 1.09. The predicted molar refractivity (Wildman–Crippen MR) is 86.3 cm³/mol. The number of amides is 1. The van der Waals surface area contributed by atoms with E-state index < -0.39 is 9.84 Å². The van der Waals surface area contributed by atoms with Crippen molar-refractivity contribution in [2.45, 2.75) is 18.9 Å². The fourth-order valence-corrected chi connectivity index (χ4v) is 4.17. The molecule has 2 rings (SSSR count). The number of anilines is 1. The van der Waals surface area contributed by atoms with E-state index in [1.165, 1.54) is 12.4 Å². The lowest BCUT2D eigenvalue weighted by molar-refractivity contribution is 0.0943. The number of nitrogens with zero attached hydrogens (tertiary/aromatic N) is 3. The van der Waals surface area contributed by atoms with Gasteiger partial charge in [0.05, 0.1) is 23.9 Å². The highest BCUT2D eigenvalue weighted by Gasteiger charge is 2.31. The zero-order valence-corrected chi connectivity index (χ0v) is 14.2. The summed E-state index contributed by atoms with van der Waals surface area (Å²) in [4.78, 5) is 22.0. The van der Waals surface area contributed by atoms with Gasteiger partial charge >= 0.3 is 0 Å². The lowest BCUT2D eigenvalue weighted by Gasteiger charge is -2.23. The standard InChI is InChI=1S/C14H22N4O4S/c1-18(11-4-7-23(20,21)10-11)13-9-16-12(8-17-13)14(19)15-5-3-6-22-2/h8-9,11H,3-7,10H2,1-2H3,(H,15,19). The SMILES string of the molecule is COCCCNC(=O)c1cnc(N(C)C2CCS(=O)(=O)C2)cn1. The van der Waals surface area contributed by atoms with Gasteiger partial charge in [0.15, 0.2) is 9.84 Å². The molecule has 1 aromatic rings. The molecule has 1 fully saturated rings. The zero-order valence-electron chi connectivity index (χ0n) is 13.4. The molecule has 1 unspecified atom stereocenters. The van der Waals surface area contributed by atoms with Crippen LogP contribution in [0.25, 0.3) is 0 Å². The van der Waals surface area contributed by atoms with E-state index in [0.717, 1.165) is 6.42 Å². The molecule has 1 amide bonds. The van der Waals surface area contributed by atoms with Crippen molar-refractivity contribution in [3.63, 3.8) is 0 Å². The van der Waals surface area contributed by atoms with Gasteiger partial charge in [-0.25, -0.2) is 18.4 Å². The van der Waals surface area contributed by atoms with Gasteiger partial charge in [0, 0.05) is 33.4 Å². The van der Waals surface area contributed by atoms with Crippen molar-refractivity contribution in [1.82, 2.24) is 15.3 Å². The summed E-state index contributed by atoms with van der Waals surface area (Å²) in [5.41, 5.74) is 0.235. The highest BCUT2D eigenvalue weighted by molar-refractivity contribution is 7.91. The molecule has 1 N–H and O–H groups in total. The second-order valence-electron chi connectivity index (χ2n) is 5.53. The molecule has 0 radical (unpaired) electrons. The normalized spacial score (nSPS) is 19.5. The molecule has 9 heteroatoms. The minimum atomic E-state index is -2.95. The Hall–Kier alpha value is -1.74. The molecule has 0 aromatic carbocycles. The van der Waals surface area contributed by atoms with E-state index in [1.807, 2.05) is 0 Å². The summed E-state index contributed by atoms with van der Waals surface area (Å²) in [7, 11) is 0.452. The Bertz CT molecular complexity index is 633. The number of carbonyl (C=O) groups is 1. The van der Waals surface area contributed by atoms with Gasteiger partial charge in [-0.15, -0.1) is 0 Å². The van der Waals surface area contributed by atoms with Gasteiger partial charge in [0.1, 0.15) is 11.5 Å². The topological polar surface area (TPSA) is 101 Å².